The van der Waals surface area contributed by atoms with E-state index in [4.69, 9.17) is 9.47 Å². The zero-order valence-corrected chi connectivity index (χ0v) is 41.9. The van der Waals surface area contributed by atoms with Crippen molar-refractivity contribution in [3.8, 4) is 0 Å². The molecule has 0 aromatic carbocycles. The Morgan fingerprint density at radius 1 is 0.741 bits per heavy atom. The van der Waals surface area contributed by atoms with Gasteiger partial charge in [0.1, 0.15) is 11.2 Å². The predicted molar refractivity (Wildman–Crippen MR) is 252 cm³/mol. The Bertz CT molecular complexity index is 954. The summed E-state index contributed by atoms with van der Waals surface area (Å²) in [6, 6.07) is 0. The molecule has 0 aromatic rings. The van der Waals surface area contributed by atoms with Gasteiger partial charge in [-0.1, -0.05) is 104 Å². The summed E-state index contributed by atoms with van der Waals surface area (Å²) in [4.78, 5) is 47.7. The van der Waals surface area contributed by atoms with Gasteiger partial charge in [-0.15, -0.1) is 0 Å². The van der Waals surface area contributed by atoms with Gasteiger partial charge in [0.15, 0.2) is 5.78 Å². The van der Waals surface area contributed by atoms with E-state index in [1.165, 1.54) is 6.42 Å². The molecule has 2 N–H and O–H groups in total. The van der Waals surface area contributed by atoms with Crippen LogP contribution in [0.4, 0.5) is 0 Å². The standard InChI is InChI=1S/C30H57NO5S5.C5H11NOS.C3H8.C2H6/c1-22(2)26(33)31-14-11-17-40-41-18-13-29(7,8)39-21-24(4)27(34)36-28(5,6)12-15-35-30(9,10)25(32)23(3)20-38-19-16-37;1-2-5(7)6-3-4-8;1-3-2;1-2/h22-24,37H,11-21H2,1-10H3,(H,31,33);8H,2-4H2,1H3,(H,6,7);3H2,1-2H3;1-2H3. The van der Waals surface area contributed by atoms with E-state index in [9.17, 15) is 19.2 Å². The molecule has 0 aliphatic heterocycles. The average molecular weight is 880 g/mol. The van der Waals surface area contributed by atoms with Gasteiger partial charge in [-0.2, -0.15) is 48.8 Å². The van der Waals surface area contributed by atoms with Crippen LogP contribution in [0.5, 0.6) is 0 Å². The van der Waals surface area contributed by atoms with Gasteiger partial charge in [0.2, 0.25) is 11.8 Å². The van der Waals surface area contributed by atoms with Crippen LogP contribution in [0.1, 0.15) is 136 Å². The van der Waals surface area contributed by atoms with Crippen molar-refractivity contribution in [2.75, 3.05) is 60.0 Å². The predicted octanol–water partition coefficient (Wildman–Crippen LogP) is 10.3. The van der Waals surface area contributed by atoms with E-state index in [0.717, 1.165) is 48.2 Å². The van der Waals surface area contributed by atoms with Crippen LogP contribution >= 0.6 is 70.4 Å². The van der Waals surface area contributed by atoms with Crippen LogP contribution in [0.3, 0.4) is 0 Å². The Balaban J connectivity index is -0.000000822. The van der Waals surface area contributed by atoms with E-state index in [1.807, 2.05) is 110 Å². The lowest BCUT2D eigenvalue weighted by Crippen LogP contribution is -2.41. The first kappa shape index (κ1) is 60.8. The van der Waals surface area contributed by atoms with E-state index in [1.54, 1.807) is 11.8 Å². The second kappa shape index (κ2) is 37.4. The Labute approximate surface area is 360 Å². The normalized spacial score (nSPS) is 12.5. The molecule has 0 aliphatic carbocycles. The van der Waals surface area contributed by atoms with Crippen molar-refractivity contribution >= 4 is 93.9 Å². The van der Waals surface area contributed by atoms with Gasteiger partial charge in [0.05, 0.1) is 12.5 Å². The van der Waals surface area contributed by atoms with Crippen LogP contribution < -0.4 is 10.6 Å². The van der Waals surface area contributed by atoms with E-state index in [0.29, 0.717) is 37.5 Å². The summed E-state index contributed by atoms with van der Waals surface area (Å²) in [5.74, 6) is 5.82. The first-order valence-electron chi connectivity index (χ1n) is 19.8. The number of ketones is 1. The second-order valence-electron chi connectivity index (χ2n) is 14.7. The fraction of sp³-hybridized carbons (Fsp3) is 0.900. The molecule has 0 aromatic heterocycles. The number of rotatable bonds is 27. The Hall–Kier alpha value is 0.140. The Morgan fingerprint density at radius 3 is 1.83 bits per heavy atom. The maximum atomic E-state index is 12.9. The van der Waals surface area contributed by atoms with Crippen molar-refractivity contribution in [2.45, 2.75) is 152 Å². The molecule has 0 saturated heterocycles. The number of esters is 1. The molecule has 0 rings (SSSR count). The summed E-state index contributed by atoms with van der Waals surface area (Å²) in [5, 5.41) is 5.62. The molecule has 0 heterocycles. The average Bonchev–Trinajstić information content (AvgIpc) is 3.11. The number of hydrogen-bond donors (Lipinski definition) is 4. The molecule has 2 amide bonds. The van der Waals surface area contributed by atoms with Gasteiger partial charge >= 0.3 is 5.97 Å². The maximum Gasteiger partial charge on any atom is 0.310 e. The Morgan fingerprint density at radius 2 is 1.31 bits per heavy atom. The molecule has 0 radical (unpaired) electrons. The minimum Gasteiger partial charge on any atom is -0.459 e. The highest BCUT2D eigenvalue weighted by Crippen LogP contribution is 2.34. The summed E-state index contributed by atoms with van der Waals surface area (Å²) in [6.45, 7) is 31.4. The quantitative estimate of drug-likeness (QED) is 0.0276. The summed E-state index contributed by atoms with van der Waals surface area (Å²) >= 11 is 11.7. The molecule has 0 spiro atoms. The summed E-state index contributed by atoms with van der Waals surface area (Å²) in [7, 11) is 3.73. The molecule has 0 fully saturated rings. The number of thiol groups is 2. The number of thioether (sulfide) groups is 2. The topological polar surface area (TPSA) is 111 Å². The van der Waals surface area contributed by atoms with E-state index >= 15 is 0 Å². The lowest BCUT2D eigenvalue weighted by Gasteiger charge is -2.31. The number of ether oxygens (including phenoxy) is 2. The highest BCUT2D eigenvalue weighted by Gasteiger charge is 2.34. The molecular weight excluding hydrogens is 797 g/mol. The highest BCUT2D eigenvalue weighted by molar-refractivity contribution is 8.76. The third kappa shape index (κ3) is 37.7. The third-order valence-electron chi connectivity index (χ3n) is 7.17. The molecule has 0 aliphatic rings. The number of Topliss-reactive ketones (excluding diaryl/α,β-unsaturated/α-hetero) is 1. The smallest absolute Gasteiger partial charge is 0.310 e. The van der Waals surface area contributed by atoms with Crippen molar-refractivity contribution < 1.29 is 28.7 Å². The minimum absolute atomic E-state index is 0.0366. The summed E-state index contributed by atoms with van der Waals surface area (Å²) in [6.07, 6.45) is 4.35. The van der Waals surface area contributed by atoms with Crippen LogP contribution in [0.15, 0.2) is 0 Å². The van der Waals surface area contributed by atoms with E-state index < -0.39 is 11.2 Å². The monoisotopic (exact) mass is 878 g/mol. The fourth-order valence-corrected chi connectivity index (χ4v) is 8.72. The molecule has 324 valence electrons. The molecule has 0 saturated carbocycles. The number of carbonyl (C=O) groups is 4. The van der Waals surface area contributed by atoms with Crippen LogP contribution in [0.2, 0.25) is 0 Å². The van der Waals surface area contributed by atoms with Crippen LogP contribution in [0.25, 0.3) is 0 Å². The number of hydrogen-bond acceptors (Lipinski definition) is 12. The van der Waals surface area contributed by atoms with Crippen molar-refractivity contribution in [3.63, 3.8) is 0 Å². The van der Waals surface area contributed by atoms with Crippen LogP contribution in [0, 0.1) is 17.8 Å². The SMILES string of the molecule is CC.CC(C)C(=O)NCCCSSCCC(C)(C)SCC(C)C(=O)OC(C)(C)CCOC(C)(C)C(=O)C(C)CSCCS.CCC.CCC(=O)NCCS. The van der Waals surface area contributed by atoms with Gasteiger partial charge in [-0.05, 0) is 46.3 Å². The lowest BCUT2D eigenvalue weighted by molar-refractivity contribution is -0.164. The first-order chi connectivity index (χ1) is 25.2. The number of nitrogens with one attached hydrogen (secondary N) is 2. The molecule has 0 bridgehead atoms. The Kier molecular flexibility index (Phi) is 42.1. The molecule has 2 atom stereocenters. The zero-order valence-electron chi connectivity index (χ0n) is 36.8. The fourth-order valence-electron chi connectivity index (χ4n) is 3.80. The van der Waals surface area contributed by atoms with Crippen molar-refractivity contribution in [2.24, 2.45) is 17.8 Å². The van der Waals surface area contributed by atoms with Crippen molar-refractivity contribution in [1.82, 2.24) is 10.6 Å². The molecule has 54 heavy (non-hydrogen) atoms. The van der Waals surface area contributed by atoms with Gasteiger partial charge in [-0.3, -0.25) is 19.2 Å². The third-order valence-corrected chi connectivity index (χ3v) is 13.3. The largest absolute Gasteiger partial charge is 0.459 e. The minimum atomic E-state index is -0.877. The van der Waals surface area contributed by atoms with Crippen molar-refractivity contribution in [1.29, 1.82) is 0 Å². The van der Waals surface area contributed by atoms with E-state index in [2.05, 4.69) is 63.6 Å². The summed E-state index contributed by atoms with van der Waals surface area (Å²) in [5.41, 5.74) is -1.55. The summed E-state index contributed by atoms with van der Waals surface area (Å²) < 4.78 is 11.9. The van der Waals surface area contributed by atoms with Crippen LogP contribution in [-0.2, 0) is 28.7 Å². The van der Waals surface area contributed by atoms with Gasteiger partial charge in [-0.25, -0.2) is 0 Å². The zero-order chi connectivity index (χ0) is 42.8. The maximum absolute atomic E-state index is 12.9. The molecule has 14 heteroatoms. The molecule has 2 unspecified atom stereocenters. The highest BCUT2D eigenvalue weighted by atomic mass is 33.1. The first-order valence-corrected chi connectivity index (χ1v) is 25.7. The molecular formula is C40H82N2O6S6. The van der Waals surface area contributed by atoms with Gasteiger partial charge in [0.25, 0.3) is 0 Å². The molecule has 8 nitrogen and oxygen atoms in total. The second-order valence-corrected chi connectivity index (χ2v) is 21.1. The lowest BCUT2D eigenvalue weighted by atomic mass is 9.94. The van der Waals surface area contributed by atoms with Gasteiger partial charge < -0.3 is 20.1 Å². The van der Waals surface area contributed by atoms with E-state index in [-0.39, 0.29) is 46.1 Å². The van der Waals surface area contributed by atoms with Crippen molar-refractivity contribution in [3.05, 3.63) is 0 Å². The van der Waals surface area contributed by atoms with Crippen LogP contribution in [-0.4, -0.2) is 99.5 Å². The number of carbonyl (C=O) groups excluding carboxylic acids is 4. The number of amides is 2. The van der Waals surface area contributed by atoms with Gasteiger partial charge in [0, 0.05) is 77.0 Å².